The lowest BCUT2D eigenvalue weighted by molar-refractivity contribution is 0.0824. The van der Waals surface area contributed by atoms with Crippen molar-refractivity contribution in [2.24, 2.45) is 0 Å². The number of hydrogen-bond acceptors (Lipinski definition) is 4. The zero-order chi connectivity index (χ0) is 14.8. The predicted octanol–water partition coefficient (Wildman–Crippen LogP) is 3.36. The first-order chi connectivity index (χ1) is 10.1. The van der Waals surface area contributed by atoms with Gasteiger partial charge in [0.15, 0.2) is 0 Å². The molecule has 21 heavy (non-hydrogen) atoms. The van der Waals surface area contributed by atoms with E-state index in [1.807, 2.05) is 31.2 Å². The van der Waals surface area contributed by atoms with E-state index < -0.39 is 0 Å². The second-order valence-corrected chi connectivity index (χ2v) is 6.27. The zero-order valence-electron chi connectivity index (χ0n) is 11.5. The first kappa shape index (κ1) is 14.5. The lowest BCUT2D eigenvalue weighted by Gasteiger charge is -2.20. The van der Waals surface area contributed by atoms with Crippen molar-refractivity contribution >= 4 is 28.8 Å². The maximum absolute atomic E-state index is 12.3. The summed E-state index contributed by atoms with van der Waals surface area (Å²) in [6.45, 7) is 2.48. The third-order valence-electron chi connectivity index (χ3n) is 3.56. The summed E-state index contributed by atoms with van der Waals surface area (Å²) in [5, 5.41) is 3.75. The second kappa shape index (κ2) is 6.13. The van der Waals surface area contributed by atoms with Crippen molar-refractivity contribution in [3.63, 3.8) is 0 Å². The predicted molar refractivity (Wildman–Crippen MR) is 82.9 cm³/mol. The highest BCUT2D eigenvalue weighted by Crippen LogP contribution is 2.30. The molecule has 1 saturated heterocycles. The van der Waals surface area contributed by atoms with E-state index in [0.717, 1.165) is 17.7 Å². The van der Waals surface area contributed by atoms with E-state index in [0.29, 0.717) is 16.5 Å². The summed E-state index contributed by atoms with van der Waals surface area (Å²) < 4.78 is 5.77. The van der Waals surface area contributed by atoms with Crippen LogP contribution >= 0.6 is 22.9 Å². The zero-order valence-corrected chi connectivity index (χ0v) is 13.1. The monoisotopic (exact) mass is 322 g/mol. The number of carbonyl (C=O) groups excluding carboxylic acids is 1. The van der Waals surface area contributed by atoms with Gasteiger partial charge in [-0.05, 0) is 31.0 Å². The van der Waals surface area contributed by atoms with Crippen LogP contribution in [0.25, 0.3) is 0 Å². The molecule has 3 rings (SSSR count). The Balaban J connectivity index is 1.74. The van der Waals surface area contributed by atoms with E-state index in [-0.39, 0.29) is 18.1 Å². The summed E-state index contributed by atoms with van der Waals surface area (Å²) >= 11 is 7.27. The molecule has 0 unspecified atom stereocenters. The van der Waals surface area contributed by atoms with Gasteiger partial charge >= 0.3 is 0 Å². The number of nitrogens with zero attached hydrogens (tertiary/aromatic N) is 1. The van der Waals surface area contributed by atoms with Crippen molar-refractivity contribution in [1.29, 1.82) is 0 Å². The third kappa shape index (κ3) is 3.10. The number of halogens is 1. The van der Waals surface area contributed by atoms with Crippen LogP contribution in [0.1, 0.15) is 33.5 Å². The highest BCUT2D eigenvalue weighted by atomic mass is 35.5. The minimum atomic E-state index is -0.126. The first-order valence-electron chi connectivity index (χ1n) is 6.73. The van der Waals surface area contributed by atoms with Crippen molar-refractivity contribution in [3.05, 3.63) is 50.9 Å². The van der Waals surface area contributed by atoms with Crippen LogP contribution in [0.15, 0.2) is 29.8 Å². The average molecular weight is 323 g/mol. The van der Waals surface area contributed by atoms with Gasteiger partial charge in [0.1, 0.15) is 11.0 Å². The first-order valence-corrected chi connectivity index (χ1v) is 7.99. The largest absolute Gasteiger partial charge is 0.371 e. The number of aromatic nitrogens is 1. The molecule has 2 atom stereocenters. The number of aryl methyl sites for hydroxylation is 1. The fourth-order valence-corrected chi connectivity index (χ4v) is 3.30. The quantitative estimate of drug-likeness (QED) is 0.942. The molecule has 1 fully saturated rings. The number of benzene rings is 1. The summed E-state index contributed by atoms with van der Waals surface area (Å²) in [6, 6.07) is 7.53. The number of amides is 1. The van der Waals surface area contributed by atoms with Crippen LogP contribution in [0.3, 0.4) is 0 Å². The Morgan fingerprint density at radius 2 is 2.19 bits per heavy atom. The maximum Gasteiger partial charge on any atom is 0.263 e. The van der Waals surface area contributed by atoms with E-state index >= 15 is 0 Å². The Morgan fingerprint density at radius 3 is 2.86 bits per heavy atom. The minimum Gasteiger partial charge on any atom is -0.371 e. The van der Waals surface area contributed by atoms with Crippen LogP contribution in [0, 0.1) is 6.92 Å². The lowest BCUT2D eigenvalue weighted by atomic mass is 10.0. The number of rotatable bonds is 3. The molecule has 6 heteroatoms. The molecule has 1 N–H and O–H groups in total. The van der Waals surface area contributed by atoms with E-state index in [9.17, 15) is 4.79 Å². The van der Waals surface area contributed by atoms with E-state index in [2.05, 4.69) is 10.3 Å². The third-order valence-corrected chi connectivity index (χ3v) is 4.74. The number of thiazole rings is 1. The van der Waals surface area contributed by atoms with Crippen molar-refractivity contribution < 1.29 is 9.53 Å². The smallest absolute Gasteiger partial charge is 0.263 e. The SMILES string of the molecule is Cc1ncsc1C(=O)N[C@@H]1CCO[C@H]1c1ccc(Cl)cc1. The summed E-state index contributed by atoms with van der Waals surface area (Å²) in [5.41, 5.74) is 3.48. The Morgan fingerprint density at radius 1 is 1.43 bits per heavy atom. The Kier molecular flexibility index (Phi) is 4.24. The lowest BCUT2D eigenvalue weighted by Crippen LogP contribution is -2.36. The molecule has 1 aliphatic heterocycles. The molecule has 2 aromatic rings. The van der Waals surface area contributed by atoms with Gasteiger partial charge in [0.25, 0.3) is 5.91 Å². The Hall–Kier alpha value is -1.43. The summed E-state index contributed by atoms with van der Waals surface area (Å²) in [7, 11) is 0. The van der Waals surface area contributed by atoms with Crippen LogP contribution in [-0.2, 0) is 4.74 Å². The van der Waals surface area contributed by atoms with E-state index in [1.54, 1.807) is 5.51 Å². The van der Waals surface area contributed by atoms with Crippen molar-refractivity contribution in [2.45, 2.75) is 25.5 Å². The van der Waals surface area contributed by atoms with Gasteiger partial charge in [0, 0.05) is 11.6 Å². The molecule has 0 radical (unpaired) electrons. The van der Waals surface area contributed by atoms with Crippen LogP contribution in [0.4, 0.5) is 0 Å². The summed E-state index contributed by atoms with van der Waals surface area (Å²) in [6.07, 6.45) is 0.677. The van der Waals surface area contributed by atoms with Crippen LogP contribution < -0.4 is 5.32 Å². The molecule has 0 bridgehead atoms. The van der Waals surface area contributed by atoms with E-state index in [4.69, 9.17) is 16.3 Å². The molecule has 4 nitrogen and oxygen atoms in total. The molecular formula is C15H15ClN2O2S. The molecule has 1 aromatic heterocycles. The van der Waals surface area contributed by atoms with Gasteiger partial charge in [-0.1, -0.05) is 23.7 Å². The van der Waals surface area contributed by atoms with Gasteiger partial charge in [0.2, 0.25) is 0 Å². The van der Waals surface area contributed by atoms with Gasteiger partial charge < -0.3 is 10.1 Å². The van der Waals surface area contributed by atoms with Gasteiger partial charge in [-0.2, -0.15) is 0 Å². The normalized spacial score (nSPS) is 21.4. The molecule has 0 saturated carbocycles. The topological polar surface area (TPSA) is 51.2 Å². The van der Waals surface area contributed by atoms with Gasteiger partial charge in [-0.3, -0.25) is 4.79 Å². The van der Waals surface area contributed by atoms with Crippen molar-refractivity contribution in [1.82, 2.24) is 10.3 Å². The average Bonchev–Trinajstić information content (AvgIpc) is 3.09. The van der Waals surface area contributed by atoms with Gasteiger partial charge in [-0.25, -0.2) is 4.98 Å². The molecule has 2 heterocycles. The van der Waals surface area contributed by atoms with Gasteiger partial charge in [-0.15, -0.1) is 11.3 Å². The summed E-state index contributed by atoms with van der Waals surface area (Å²) in [4.78, 5) is 17.1. The maximum atomic E-state index is 12.3. The fourth-order valence-electron chi connectivity index (χ4n) is 2.47. The van der Waals surface area contributed by atoms with Crippen LogP contribution in [-0.4, -0.2) is 23.5 Å². The Bertz CT molecular complexity index is 641. The molecule has 110 valence electrons. The summed E-state index contributed by atoms with van der Waals surface area (Å²) in [5.74, 6) is -0.0792. The van der Waals surface area contributed by atoms with Crippen LogP contribution in [0.2, 0.25) is 5.02 Å². The van der Waals surface area contributed by atoms with E-state index in [1.165, 1.54) is 11.3 Å². The van der Waals surface area contributed by atoms with Crippen molar-refractivity contribution in [2.75, 3.05) is 6.61 Å². The standard InChI is InChI=1S/C15H15ClN2O2S/c1-9-14(21-8-17-9)15(19)18-12-6-7-20-13(12)10-2-4-11(16)5-3-10/h2-5,8,12-13H,6-7H2,1H3,(H,18,19)/t12-,13+/m1/s1. The Labute approximate surface area is 132 Å². The molecule has 0 spiro atoms. The molecule has 0 aliphatic carbocycles. The second-order valence-electron chi connectivity index (χ2n) is 4.98. The highest BCUT2D eigenvalue weighted by Gasteiger charge is 2.31. The number of nitrogens with one attached hydrogen (secondary N) is 1. The fraction of sp³-hybridized carbons (Fsp3) is 0.333. The molecule has 1 aliphatic rings. The molecular weight excluding hydrogens is 308 g/mol. The molecule has 1 aromatic carbocycles. The number of carbonyl (C=O) groups is 1. The molecule has 1 amide bonds. The van der Waals surface area contributed by atoms with Crippen molar-refractivity contribution in [3.8, 4) is 0 Å². The van der Waals surface area contributed by atoms with Gasteiger partial charge in [0.05, 0.1) is 17.2 Å². The van der Waals surface area contributed by atoms with Crippen LogP contribution in [0.5, 0.6) is 0 Å². The minimum absolute atomic E-state index is 0.0276. The number of hydrogen-bond donors (Lipinski definition) is 1. The highest BCUT2D eigenvalue weighted by molar-refractivity contribution is 7.11. The number of ether oxygens (including phenoxy) is 1.